The van der Waals surface area contributed by atoms with Crippen LogP contribution in [-0.2, 0) is 4.74 Å². The highest BCUT2D eigenvalue weighted by molar-refractivity contribution is 4.93. The van der Waals surface area contributed by atoms with E-state index in [0.29, 0.717) is 18.0 Å². The Morgan fingerprint density at radius 2 is 1.86 bits per heavy atom. The normalized spacial score (nSPS) is 34.7. The minimum atomic E-state index is -0.340. The van der Waals surface area contributed by atoms with E-state index in [1.807, 2.05) is 0 Å². The van der Waals surface area contributed by atoms with Crippen molar-refractivity contribution in [1.29, 1.82) is 0 Å². The predicted octanol–water partition coefficient (Wildman–Crippen LogP) is 1.46. The van der Waals surface area contributed by atoms with Gasteiger partial charge < -0.3 is 9.84 Å². The average Bonchev–Trinajstić information content (AvgIpc) is 2.41. The Morgan fingerprint density at radius 1 is 1.29 bits per heavy atom. The molecule has 1 heterocycles. The summed E-state index contributed by atoms with van der Waals surface area (Å²) in [6, 6.07) is 0.715. The van der Waals surface area contributed by atoms with Crippen molar-refractivity contribution in [3.63, 3.8) is 0 Å². The Labute approximate surface area is 87.1 Å². The molecule has 1 saturated heterocycles. The van der Waals surface area contributed by atoms with Gasteiger partial charge in [-0.3, -0.25) is 4.90 Å². The number of likely N-dealkylation sites (tertiary alicyclic amines) is 1. The lowest BCUT2D eigenvalue weighted by Gasteiger charge is -2.34. The largest absolute Gasteiger partial charge is 0.380 e. The number of rotatable bonds is 3. The SMILES string of the molecule is COC1CC(O)N(C(C)C)C1C(C)C. The van der Waals surface area contributed by atoms with Crippen molar-refractivity contribution in [1.82, 2.24) is 4.90 Å². The molecule has 0 radical (unpaired) electrons. The molecule has 1 fully saturated rings. The number of hydrogen-bond acceptors (Lipinski definition) is 3. The van der Waals surface area contributed by atoms with Crippen molar-refractivity contribution in [2.24, 2.45) is 5.92 Å². The van der Waals surface area contributed by atoms with E-state index in [2.05, 4.69) is 32.6 Å². The summed E-state index contributed by atoms with van der Waals surface area (Å²) in [5, 5.41) is 9.93. The molecule has 3 nitrogen and oxygen atoms in total. The average molecular weight is 201 g/mol. The molecule has 3 atom stereocenters. The van der Waals surface area contributed by atoms with Gasteiger partial charge in [0.1, 0.15) is 6.23 Å². The third-order valence-corrected chi connectivity index (χ3v) is 3.09. The summed E-state index contributed by atoms with van der Waals surface area (Å²) in [7, 11) is 1.73. The molecule has 0 aromatic heterocycles. The van der Waals surface area contributed by atoms with Crippen LogP contribution in [0.5, 0.6) is 0 Å². The van der Waals surface area contributed by atoms with Crippen LogP contribution in [0.15, 0.2) is 0 Å². The molecule has 3 heteroatoms. The van der Waals surface area contributed by atoms with Gasteiger partial charge in [-0.2, -0.15) is 0 Å². The molecular formula is C11H23NO2. The van der Waals surface area contributed by atoms with Gasteiger partial charge in [0.05, 0.1) is 6.10 Å². The number of ether oxygens (including phenoxy) is 1. The van der Waals surface area contributed by atoms with Crippen LogP contribution in [0.25, 0.3) is 0 Å². The van der Waals surface area contributed by atoms with Crippen molar-refractivity contribution in [2.45, 2.75) is 58.5 Å². The maximum absolute atomic E-state index is 9.93. The zero-order valence-electron chi connectivity index (χ0n) is 9.90. The Balaban J connectivity index is 2.80. The second kappa shape index (κ2) is 4.60. The van der Waals surface area contributed by atoms with Crippen LogP contribution in [0.3, 0.4) is 0 Å². The van der Waals surface area contributed by atoms with Gasteiger partial charge in [0.2, 0.25) is 0 Å². The fourth-order valence-corrected chi connectivity index (χ4v) is 2.56. The molecule has 0 saturated carbocycles. The Kier molecular flexibility index (Phi) is 3.93. The molecule has 1 aliphatic heterocycles. The first-order valence-electron chi connectivity index (χ1n) is 5.47. The fraction of sp³-hybridized carbons (Fsp3) is 1.00. The molecule has 0 amide bonds. The maximum atomic E-state index is 9.93. The van der Waals surface area contributed by atoms with Crippen LogP contribution in [0.4, 0.5) is 0 Å². The van der Waals surface area contributed by atoms with E-state index < -0.39 is 0 Å². The third-order valence-electron chi connectivity index (χ3n) is 3.09. The molecule has 0 aromatic carbocycles. The monoisotopic (exact) mass is 201 g/mol. The van der Waals surface area contributed by atoms with E-state index >= 15 is 0 Å². The maximum Gasteiger partial charge on any atom is 0.110 e. The van der Waals surface area contributed by atoms with Crippen molar-refractivity contribution >= 4 is 0 Å². The van der Waals surface area contributed by atoms with Gasteiger partial charge >= 0.3 is 0 Å². The van der Waals surface area contributed by atoms with Crippen molar-refractivity contribution in [3.8, 4) is 0 Å². The van der Waals surface area contributed by atoms with E-state index in [4.69, 9.17) is 4.74 Å². The van der Waals surface area contributed by atoms with Crippen molar-refractivity contribution in [2.75, 3.05) is 7.11 Å². The Morgan fingerprint density at radius 3 is 2.21 bits per heavy atom. The molecule has 0 bridgehead atoms. The molecular weight excluding hydrogens is 178 g/mol. The van der Waals surface area contributed by atoms with Crippen LogP contribution < -0.4 is 0 Å². The van der Waals surface area contributed by atoms with Gasteiger partial charge in [-0.15, -0.1) is 0 Å². The lowest BCUT2D eigenvalue weighted by molar-refractivity contribution is -0.0220. The van der Waals surface area contributed by atoms with Gasteiger partial charge in [-0.1, -0.05) is 13.8 Å². The number of hydrogen-bond donors (Lipinski definition) is 1. The van der Waals surface area contributed by atoms with Crippen molar-refractivity contribution < 1.29 is 9.84 Å². The Bertz CT molecular complexity index is 182. The van der Waals surface area contributed by atoms with E-state index in [1.54, 1.807) is 7.11 Å². The highest BCUT2D eigenvalue weighted by Crippen LogP contribution is 2.31. The highest BCUT2D eigenvalue weighted by Gasteiger charge is 2.43. The zero-order valence-corrected chi connectivity index (χ0v) is 9.90. The van der Waals surface area contributed by atoms with Gasteiger partial charge in [-0.05, 0) is 19.8 Å². The summed E-state index contributed by atoms with van der Waals surface area (Å²) in [4.78, 5) is 2.17. The summed E-state index contributed by atoms with van der Waals surface area (Å²) in [5.41, 5.74) is 0. The van der Waals surface area contributed by atoms with Gasteiger partial charge in [0.15, 0.2) is 0 Å². The molecule has 1 rings (SSSR count). The zero-order chi connectivity index (χ0) is 10.9. The number of nitrogens with zero attached hydrogens (tertiary/aromatic N) is 1. The van der Waals surface area contributed by atoms with Crippen molar-refractivity contribution in [3.05, 3.63) is 0 Å². The topological polar surface area (TPSA) is 32.7 Å². The number of aliphatic hydroxyl groups is 1. The van der Waals surface area contributed by atoms with E-state index in [9.17, 15) is 5.11 Å². The highest BCUT2D eigenvalue weighted by atomic mass is 16.5. The van der Waals surface area contributed by atoms with Gasteiger partial charge in [0, 0.05) is 25.6 Å². The van der Waals surface area contributed by atoms with Crippen LogP contribution in [-0.4, -0.2) is 41.5 Å². The predicted molar refractivity (Wildman–Crippen MR) is 57.0 cm³/mol. The summed E-state index contributed by atoms with van der Waals surface area (Å²) in [6.07, 6.45) is 0.567. The Hall–Kier alpha value is -0.120. The van der Waals surface area contributed by atoms with E-state index in [-0.39, 0.29) is 12.3 Å². The van der Waals surface area contributed by atoms with Crippen LogP contribution in [0.2, 0.25) is 0 Å². The van der Waals surface area contributed by atoms with E-state index in [1.165, 1.54) is 0 Å². The molecule has 1 N–H and O–H groups in total. The molecule has 3 unspecified atom stereocenters. The second-order valence-corrected chi connectivity index (χ2v) is 4.77. The smallest absolute Gasteiger partial charge is 0.110 e. The molecule has 0 aliphatic carbocycles. The summed E-state index contributed by atoms with van der Waals surface area (Å²) in [5.74, 6) is 0.513. The third kappa shape index (κ3) is 2.10. The molecule has 84 valence electrons. The standard InChI is InChI=1S/C11H23NO2/c1-7(2)11-9(14-5)6-10(13)12(11)8(3)4/h7-11,13H,6H2,1-5H3. The van der Waals surface area contributed by atoms with Crippen LogP contribution in [0, 0.1) is 5.92 Å². The minimum Gasteiger partial charge on any atom is -0.380 e. The lowest BCUT2D eigenvalue weighted by Crippen LogP contribution is -2.46. The first-order chi connectivity index (χ1) is 6.49. The quantitative estimate of drug-likeness (QED) is 0.750. The molecule has 0 spiro atoms. The van der Waals surface area contributed by atoms with Gasteiger partial charge in [-0.25, -0.2) is 0 Å². The molecule has 0 aromatic rings. The van der Waals surface area contributed by atoms with Crippen LogP contribution in [0.1, 0.15) is 34.1 Å². The van der Waals surface area contributed by atoms with Crippen LogP contribution >= 0.6 is 0 Å². The minimum absolute atomic E-state index is 0.174. The first kappa shape index (κ1) is 12.0. The lowest BCUT2D eigenvalue weighted by atomic mass is 9.98. The molecule has 1 aliphatic rings. The van der Waals surface area contributed by atoms with Gasteiger partial charge in [0.25, 0.3) is 0 Å². The van der Waals surface area contributed by atoms with E-state index in [0.717, 1.165) is 6.42 Å². The fourth-order valence-electron chi connectivity index (χ4n) is 2.56. The molecule has 14 heavy (non-hydrogen) atoms. The number of aliphatic hydroxyl groups excluding tert-OH is 1. The summed E-state index contributed by atoms with van der Waals surface area (Å²) in [6.45, 7) is 8.61. The summed E-state index contributed by atoms with van der Waals surface area (Å²) < 4.78 is 5.43. The second-order valence-electron chi connectivity index (χ2n) is 4.77. The number of methoxy groups -OCH3 is 1. The summed E-state index contributed by atoms with van der Waals surface area (Å²) >= 11 is 0. The first-order valence-corrected chi connectivity index (χ1v) is 5.47.